The number of Topliss-reactive ketones (excluding diaryl/α,β-unsaturated/α-hetero) is 1. The van der Waals surface area contributed by atoms with Gasteiger partial charge >= 0.3 is 0 Å². The van der Waals surface area contributed by atoms with Crippen LogP contribution in [0.4, 0.5) is 0 Å². The van der Waals surface area contributed by atoms with Crippen molar-refractivity contribution in [1.82, 2.24) is 0 Å². The van der Waals surface area contributed by atoms with Crippen molar-refractivity contribution in [1.29, 1.82) is 0 Å². The number of ketones is 1. The number of rotatable bonds is 0. The normalized spacial score (nSPS) is 25.2. The van der Waals surface area contributed by atoms with Crippen molar-refractivity contribution in [2.24, 2.45) is 0 Å². The Morgan fingerprint density at radius 2 is 1.50 bits per heavy atom. The number of hydrogen-bond acceptors (Lipinski definition) is 1. The molecule has 0 spiro atoms. The molecule has 2 aliphatic carbocycles. The SMILES string of the molecule is O=C1CCCC2=C1CCCCC2. The topological polar surface area (TPSA) is 17.1 Å². The standard InChI is InChI=1S/C11H16O/c12-11-8-4-6-9-5-2-1-3-7-10(9)11/h1-8H2. The fourth-order valence-corrected chi connectivity index (χ4v) is 2.37. The predicted molar refractivity (Wildman–Crippen MR) is 49.0 cm³/mol. The van der Waals surface area contributed by atoms with Gasteiger partial charge in [0, 0.05) is 6.42 Å². The number of carbonyl (C=O) groups is 1. The van der Waals surface area contributed by atoms with E-state index in [0.29, 0.717) is 5.78 Å². The molecule has 0 N–H and O–H groups in total. The maximum atomic E-state index is 11.5. The summed E-state index contributed by atoms with van der Waals surface area (Å²) in [5, 5.41) is 0. The highest BCUT2D eigenvalue weighted by atomic mass is 16.1. The molecule has 0 unspecified atom stereocenters. The molecule has 0 aliphatic heterocycles. The molecule has 0 atom stereocenters. The largest absolute Gasteiger partial charge is 0.295 e. The van der Waals surface area contributed by atoms with Crippen LogP contribution < -0.4 is 0 Å². The molecule has 1 heteroatoms. The molecule has 0 aromatic rings. The molecule has 0 saturated heterocycles. The zero-order chi connectivity index (χ0) is 8.39. The third-order valence-electron chi connectivity index (χ3n) is 3.05. The second-order valence-electron chi connectivity index (χ2n) is 3.92. The second-order valence-corrected chi connectivity index (χ2v) is 3.92. The Bertz CT molecular complexity index is 225. The van der Waals surface area contributed by atoms with Crippen molar-refractivity contribution in [3.8, 4) is 0 Å². The van der Waals surface area contributed by atoms with Gasteiger partial charge in [-0.2, -0.15) is 0 Å². The van der Waals surface area contributed by atoms with E-state index in [1.54, 1.807) is 0 Å². The van der Waals surface area contributed by atoms with E-state index in [9.17, 15) is 4.79 Å². The molecule has 0 radical (unpaired) electrons. The zero-order valence-electron chi connectivity index (χ0n) is 7.57. The fraction of sp³-hybridized carbons (Fsp3) is 0.727. The summed E-state index contributed by atoms with van der Waals surface area (Å²) in [4.78, 5) is 11.5. The number of carbonyl (C=O) groups excluding carboxylic acids is 1. The van der Waals surface area contributed by atoms with Crippen LogP contribution in [0.1, 0.15) is 51.4 Å². The Morgan fingerprint density at radius 1 is 0.750 bits per heavy atom. The minimum absolute atomic E-state index is 0.457. The van der Waals surface area contributed by atoms with Gasteiger partial charge < -0.3 is 0 Å². The summed E-state index contributed by atoms with van der Waals surface area (Å²) >= 11 is 0. The number of hydrogen-bond donors (Lipinski definition) is 0. The van der Waals surface area contributed by atoms with Crippen molar-refractivity contribution in [3.63, 3.8) is 0 Å². The smallest absolute Gasteiger partial charge is 0.158 e. The summed E-state index contributed by atoms with van der Waals surface area (Å²) in [6, 6.07) is 0. The van der Waals surface area contributed by atoms with Gasteiger partial charge in [-0.1, -0.05) is 12.0 Å². The molecule has 0 saturated carbocycles. The Kier molecular flexibility index (Phi) is 2.29. The van der Waals surface area contributed by atoms with E-state index in [0.717, 1.165) is 19.3 Å². The summed E-state index contributed by atoms with van der Waals surface area (Å²) < 4.78 is 0. The highest BCUT2D eigenvalue weighted by molar-refractivity contribution is 5.96. The molecular weight excluding hydrogens is 148 g/mol. The van der Waals surface area contributed by atoms with Crippen LogP contribution in [-0.4, -0.2) is 5.78 Å². The van der Waals surface area contributed by atoms with Crippen LogP contribution in [0.3, 0.4) is 0 Å². The number of allylic oxidation sites excluding steroid dienone is 2. The van der Waals surface area contributed by atoms with E-state index in [4.69, 9.17) is 0 Å². The van der Waals surface area contributed by atoms with Gasteiger partial charge in [-0.15, -0.1) is 0 Å². The molecule has 66 valence electrons. The third kappa shape index (κ3) is 1.45. The molecule has 0 aromatic heterocycles. The Hall–Kier alpha value is -0.590. The monoisotopic (exact) mass is 164 g/mol. The van der Waals surface area contributed by atoms with Crippen molar-refractivity contribution in [2.75, 3.05) is 0 Å². The lowest BCUT2D eigenvalue weighted by atomic mass is 9.88. The predicted octanol–water partition coefficient (Wildman–Crippen LogP) is 3.00. The maximum absolute atomic E-state index is 11.5. The molecular formula is C11H16O. The molecule has 12 heavy (non-hydrogen) atoms. The Balaban J connectivity index is 2.23. The van der Waals surface area contributed by atoms with Crippen LogP contribution in [0.25, 0.3) is 0 Å². The fourth-order valence-electron chi connectivity index (χ4n) is 2.37. The van der Waals surface area contributed by atoms with Crippen LogP contribution >= 0.6 is 0 Å². The molecule has 0 bridgehead atoms. The van der Waals surface area contributed by atoms with Gasteiger partial charge in [0.1, 0.15) is 0 Å². The van der Waals surface area contributed by atoms with E-state index in [2.05, 4.69) is 0 Å². The average Bonchev–Trinajstić information content (AvgIpc) is 2.30. The van der Waals surface area contributed by atoms with Gasteiger partial charge in [0.05, 0.1) is 0 Å². The van der Waals surface area contributed by atoms with Gasteiger partial charge in [-0.3, -0.25) is 4.79 Å². The molecule has 0 fully saturated rings. The molecule has 1 nitrogen and oxygen atoms in total. The lowest BCUT2D eigenvalue weighted by Crippen LogP contribution is -2.10. The summed E-state index contributed by atoms with van der Waals surface area (Å²) in [5.41, 5.74) is 2.72. The van der Waals surface area contributed by atoms with E-state index in [1.807, 2.05) is 0 Å². The Morgan fingerprint density at radius 3 is 2.42 bits per heavy atom. The van der Waals surface area contributed by atoms with Crippen LogP contribution in [0, 0.1) is 0 Å². The van der Waals surface area contributed by atoms with Crippen LogP contribution in [0.15, 0.2) is 11.1 Å². The third-order valence-corrected chi connectivity index (χ3v) is 3.05. The first-order valence-electron chi connectivity index (χ1n) is 5.12. The summed E-state index contributed by atoms with van der Waals surface area (Å²) in [6.45, 7) is 0. The summed E-state index contributed by atoms with van der Waals surface area (Å²) in [6.07, 6.45) is 9.30. The molecule has 2 aliphatic rings. The van der Waals surface area contributed by atoms with E-state index in [-0.39, 0.29) is 0 Å². The van der Waals surface area contributed by atoms with Crippen molar-refractivity contribution >= 4 is 5.78 Å². The second kappa shape index (κ2) is 3.42. The minimum atomic E-state index is 0.457. The van der Waals surface area contributed by atoms with Crippen molar-refractivity contribution in [2.45, 2.75) is 51.4 Å². The quantitative estimate of drug-likeness (QED) is 0.538. The first-order valence-corrected chi connectivity index (χ1v) is 5.12. The highest BCUT2D eigenvalue weighted by Gasteiger charge is 2.20. The molecule has 0 heterocycles. The van der Waals surface area contributed by atoms with Crippen LogP contribution in [0.2, 0.25) is 0 Å². The minimum Gasteiger partial charge on any atom is -0.295 e. The Labute approximate surface area is 73.8 Å². The zero-order valence-corrected chi connectivity index (χ0v) is 7.57. The highest BCUT2D eigenvalue weighted by Crippen LogP contribution is 2.32. The van der Waals surface area contributed by atoms with Gasteiger partial charge in [-0.25, -0.2) is 0 Å². The van der Waals surface area contributed by atoms with Crippen molar-refractivity contribution < 1.29 is 4.79 Å². The summed E-state index contributed by atoms with van der Waals surface area (Å²) in [5.74, 6) is 0.457. The van der Waals surface area contributed by atoms with Gasteiger partial charge in [-0.05, 0) is 44.1 Å². The van der Waals surface area contributed by atoms with Crippen molar-refractivity contribution in [3.05, 3.63) is 11.1 Å². The van der Waals surface area contributed by atoms with E-state index >= 15 is 0 Å². The van der Waals surface area contributed by atoms with E-state index in [1.165, 1.54) is 43.3 Å². The maximum Gasteiger partial charge on any atom is 0.158 e. The van der Waals surface area contributed by atoms with Gasteiger partial charge in [0.15, 0.2) is 5.78 Å². The van der Waals surface area contributed by atoms with Crippen LogP contribution in [0.5, 0.6) is 0 Å². The summed E-state index contributed by atoms with van der Waals surface area (Å²) in [7, 11) is 0. The van der Waals surface area contributed by atoms with Gasteiger partial charge in [0.25, 0.3) is 0 Å². The molecule has 0 aromatic carbocycles. The van der Waals surface area contributed by atoms with Crippen LogP contribution in [-0.2, 0) is 4.79 Å². The van der Waals surface area contributed by atoms with E-state index < -0.39 is 0 Å². The first-order chi connectivity index (χ1) is 5.88. The lowest BCUT2D eigenvalue weighted by molar-refractivity contribution is -0.116. The average molecular weight is 164 g/mol. The first kappa shape index (κ1) is 8.03. The molecule has 0 amide bonds. The molecule has 2 rings (SSSR count). The lowest BCUT2D eigenvalue weighted by Gasteiger charge is -2.16. The van der Waals surface area contributed by atoms with Gasteiger partial charge in [0.2, 0.25) is 0 Å².